The number of amides is 1. The molecule has 0 heterocycles. The summed E-state index contributed by atoms with van der Waals surface area (Å²) in [6.07, 6.45) is 4.86. The molecule has 0 radical (unpaired) electrons. The van der Waals surface area contributed by atoms with Crippen molar-refractivity contribution in [2.45, 2.75) is 51.7 Å². The van der Waals surface area contributed by atoms with Crippen LogP contribution < -0.4 is 11.5 Å². The molecule has 0 aliphatic heterocycles. The third-order valence-corrected chi connectivity index (χ3v) is 4.22. The molecule has 1 amide bonds. The van der Waals surface area contributed by atoms with Crippen LogP contribution in [0.3, 0.4) is 0 Å². The van der Waals surface area contributed by atoms with Crippen LogP contribution in [0, 0.1) is 6.92 Å². The minimum atomic E-state index is -0.242. The molecule has 1 aromatic rings. The van der Waals surface area contributed by atoms with Crippen molar-refractivity contribution in [1.29, 1.82) is 0 Å². The summed E-state index contributed by atoms with van der Waals surface area (Å²) < 4.78 is 0. The van der Waals surface area contributed by atoms with Gasteiger partial charge in [-0.2, -0.15) is 0 Å². The van der Waals surface area contributed by atoms with Crippen LogP contribution in [-0.2, 0) is 17.9 Å². The van der Waals surface area contributed by atoms with Crippen molar-refractivity contribution in [2.24, 2.45) is 11.5 Å². The molecule has 1 fully saturated rings. The maximum atomic E-state index is 11.3. The fraction of sp³-hybridized carbons (Fsp3) is 0.562. The van der Waals surface area contributed by atoms with Gasteiger partial charge >= 0.3 is 0 Å². The lowest BCUT2D eigenvalue weighted by atomic mass is 10.0. The number of hydrogen-bond donors (Lipinski definition) is 2. The van der Waals surface area contributed by atoms with Gasteiger partial charge < -0.3 is 11.5 Å². The zero-order valence-corrected chi connectivity index (χ0v) is 12.3. The lowest BCUT2D eigenvalue weighted by Crippen LogP contribution is -2.39. The second-order valence-electron chi connectivity index (χ2n) is 5.77. The second kappa shape index (κ2) is 6.86. The number of nitrogens with zero attached hydrogens (tertiary/aromatic N) is 1. The van der Waals surface area contributed by atoms with Crippen molar-refractivity contribution in [3.63, 3.8) is 0 Å². The number of carbonyl (C=O) groups is 1. The summed E-state index contributed by atoms with van der Waals surface area (Å²) in [5.41, 5.74) is 14.7. The highest BCUT2D eigenvalue weighted by atomic mass is 16.1. The van der Waals surface area contributed by atoms with Gasteiger partial charge in [-0.15, -0.1) is 0 Å². The van der Waals surface area contributed by atoms with E-state index in [1.54, 1.807) is 0 Å². The van der Waals surface area contributed by atoms with Crippen molar-refractivity contribution in [2.75, 3.05) is 6.54 Å². The lowest BCUT2D eigenvalue weighted by molar-refractivity contribution is -0.119. The first kappa shape index (κ1) is 15.0. The van der Waals surface area contributed by atoms with E-state index < -0.39 is 0 Å². The molecule has 0 spiro atoms. The first-order valence-corrected chi connectivity index (χ1v) is 7.41. The quantitative estimate of drug-likeness (QED) is 0.829. The van der Waals surface area contributed by atoms with E-state index >= 15 is 0 Å². The topological polar surface area (TPSA) is 72.3 Å². The molecule has 110 valence electrons. The standard InChI is InChI=1S/C16H25N3O/c1-12-8-13(9-17)6-7-14(12)10-19(11-16(18)20)15-4-2-3-5-15/h6-8,15H,2-5,9-11,17H2,1H3,(H2,18,20). The normalized spacial score (nSPS) is 15.9. The van der Waals surface area contributed by atoms with E-state index in [2.05, 4.69) is 30.0 Å². The molecular weight excluding hydrogens is 250 g/mol. The molecule has 0 saturated heterocycles. The minimum absolute atomic E-state index is 0.242. The average molecular weight is 275 g/mol. The van der Waals surface area contributed by atoms with Crippen LogP contribution in [0.2, 0.25) is 0 Å². The Bertz CT molecular complexity index is 467. The van der Waals surface area contributed by atoms with E-state index in [0.29, 0.717) is 19.1 Å². The van der Waals surface area contributed by atoms with Gasteiger partial charge in [0.25, 0.3) is 0 Å². The predicted octanol–water partition coefficient (Wildman–Crippen LogP) is 1.68. The Morgan fingerprint density at radius 1 is 1.35 bits per heavy atom. The number of rotatable bonds is 6. The summed E-state index contributed by atoms with van der Waals surface area (Å²) in [4.78, 5) is 13.5. The molecule has 4 nitrogen and oxygen atoms in total. The molecule has 1 aliphatic carbocycles. The fourth-order valence-electron chi connectivity index (χ4n) is 3.06. The highest BCUT2D eigenvalue weighted by Crippen LogP contribution is 2.25. The third kappa shape index (κ3) is 3.81. The van der Waals surface area contributed by atoms with Crippen molar-refractivity contribution in [3.05, 3.63) is 34.9 Å². The monoisotopic (exact) mass is 275 g/mol. The highest BCUT2D eigenvalue weighted by molar-refractivity contribution is 5.76. The van der Waals surface area contributed by atoms with Gasteiger partial charge in [0.2, 0.25) is 5.91 Å². The van der Waals surface area contributed by atoms with Gasteiger partial charge in [-0.25, -0.2) is 0 Å². The fourth-order valence-corrected chi connectivity index (χ4v) is 3.06. The van der Waals surface area contributed by atoms with Crippen LogP contribution in [0.5, 0.6) is 0 Å². The first-order chi connectivity index (χ1) is 9.60. The maximum absolute atomic E-state index is 11.3. The first-order valence-electron chi connectivity index (χ1n) is 7.41. The molecule has 1 aliphatic rings. The second-order valence-corrected chi connectivity index (χ2v) is 5.77. The van der Waals surface area contributed by atoms with Crippen molar-refractivity contribution in [1.82, 2.24) is 4.90 Å². The number of benzene rings is 1. The van der Waals surface area contributed by atoms with Crippen molar-refractivity contribution in [3.8, 4) is 0 Å². The van der Waals surface area contributed by atoms with Gasteiger partial charge in [0.1, 0.15) is 0 Å². The van der Waals surface area contributed by atoms with Crippen LogP contribution in [0.25, 0.3) is 0 Å². The highest BCUT2D eigenvalue weighted by Gasteiger charge is 2.24. The molecule has 4 heteroatoms. The molecule has 0 unspecified atom stereocenters. The number of hydrogen-bond acceptors (Lipinski definition) is 3. The summed E-state index contributed by atoms with van der Waals surface area (Å²) in [6, 6.07) is 6.82. The Hall–Kier alpha value is -1.39. The van der Waals surface area contributed by atoms with Crippen LogP contribution >= 0.6 is 0 Å². The molecule has 20 heavy (non-hydrogen) atoms. The van der Waals surface area contributed by atoms with E-state index in [9.17, 15) is 4.79 Å². The molecule has 0 aromatic heterocycles. The maximum Gasteiger partial charge on any atom is 0.231 e. The summed E-state index contributed by atoms with van der Waals surface area (Å²) in [5, 5.41) is 0. The average Bonchev–Trinajstić information content (AvgIpc) is 2.93. The number of aryl methyl sites for hydroxylation is 1. The van der Waals surface area contributed by atoms with E-state index in [4.69, 9.17) is 11.5 Å². The largest absolute Gasteiger partial charge is 0.369 e. The Morgan fingerprint density at radius 2 is 2.05 bits per heavy atom. The van der Waals surface area contributed by atoms with Gasteiger partial charge in [0, 0.05) is 19.1 Å². The Balaban J connectivity index is 2.11. The predicted molar refractivity (Wildman–Crippen MR) is 80.9 cm³/mol. The van der Waals surface area contributed by atoms with Gasteiger partial charge in [0.05, 0.1) is 6.54 Å². The molecule has 0 atom stereocenters. The van der Waals surface area contributed by atoms with E-state index in [1.165, 1.54) is 36.8 Å². The summed E-state index contributed by atoms with van der Waals surface area (Å²) in [7, 11) is 0. The van der Waals surface area contributed by atoms with Gasteiger partial charge in [-0.1, -0.05) is 31.0 Å². The van der Waals surface area contributed by atoms with E-state index in [0.717, 1.165) is 12.1 Å². The van der Waals surface area contributed by atoms with Crippen LogP contribution in [0.15, 0.2) is 18.2 Å². The number of carbonyl (C=O) groups excluding carboxylic acids is 1. The Labute approximate surface area is 121 Å². The van der Waals surface area contributed by atoms with Crippen LogP contribution in [-0.4, -0.2) is 23.4 Å². The van der Waals surface area contributed by atoms with Crippen LogP contribution in [0.1, 0.15) is 42.4 Å². The zero-order chi connectivity index (χ0) is 14.5. The van der Waals surface area contributed by atoms with Gasteiger partial charge in [0.15, 0.2) is 0 Å². The number of primary amides is 1. The van der Waals surface area contributed by atoms with Crippen LogP contribution in [0.4, 0.5) is 0 Å². The summed E-state index contributed by atoms with van der Waals surface area (Å²) in [6.45, 7) is 3.81. The smallest absolute Gasteiger partial charge is 0.231 e. The molecule has 1 aromatic carbocycles. The van der Waals surface area contributed by atoms with E-state index in [1.807, 2.05) is 0 Å². The van der Waals surface area contributed by atoms with Crippen molar-refractivity contribution < 1.29 is 4.79 Å². The Kier molecular flexibility index (Phi) is 5.15. The number of nitrogens with two attached hydrogens (primary N) is 2. The van der Waals surface area contributed by atoms with Gasteiger partial charge in [-0.05, 0) is 36.5 Å². The SMILES string of the molecule is Cc1cc(CN)ccc1CN(CC(N)=O)C1CCCC1. The molecular formula is C16H25N3O. The molecule has 0 bridgehead atoms. The zero-order valence-electron chi connectivity index (χ0n) is 12.3. The van der Waals surface area contributed by atoms with E-state index in [-0.39, 0.29) is 5.91 Å². The lowest BCUT2D eigenvalue weighted by Gasteiger charge is -2.28. The molecule has 1 saturated carbocycles. The Morgan fingerprint density at radius 3 is 2.60 bits per heavy atom. The van der Waals surface area contributed by atoms with Gasteiger partial charge in [-0.3, -0.25) is 9.69 Å². The van der Waals surface area contributed by atoms with Crippen molar-refractivity contribution >= 4 is 5.91 Å². The third-order valence-electron chi connectivity index (χ3n) is 4.22. The minimum Gasteiger partial charge on any atom is -0.369 e. The summed E-state index contributed by atoms with van der Waals surface area (Å²) >= 11 is 0. The summed E-state index contributed by atoms with van der Waals surface area (Å²) in [5.74, 6) is -0.242. The molecule has 2 rings (SSSR count). The molecule has 4 N–H and O–H groups in total.